The Balaban J connectivity index is 2.07. The second-order valence-electron chi connectivity index (χ2n) is 4.58. The van der Waals surface area contributed by atoms with Crippen LogP contribution in [0.15, 0.2) is 15.9 Å². The molecule has 0 amide bonds. The molecule has 3 heteroatoms. The van der Waals surface area contributed by atoms with Gasteiger partial charge in [0.15, 0.2) is 0 Å². The third-order valence-corrected chi connectivity index (χ3v) is 5.01. The molecule has 1 fully saturated rings. The van der Waals surface area contributed by atoms with Gasteiger partial charge in [0.25, 0.3) is 0 Å². The highest BCUT2D eigenvalue weighted by Crippen LogP contribution is 2.42. The highest BCUT2D eigenvalue weighted by molar-refractivity contribution is 9.10. The molecule has 0 spiro atoms. The first kappa shape index (κ1) is 10.7. The Morgan fingerprint density at radius 3 is 3.00 bits per heavy atom. The van der Waals surface area contributed by atoms with Crippen molar-refractivity contribution in [2.24, 2.45) is 5.41 Å². The normalized spacial score (nSPS) is 32.4. The van der Waals surface area contributed by atoms with E-state index in [4.69, 9.17) is 0 Å². The molecule has 14 heavy (non-hydrogen) atoms. The predicted octanol–water partition coefficient (Wildman–Crippen LogP) is 3.60. The van der Waals surface area contributed by atoms with Crippen LogP contribution in [-0.2, 0) is 6.42 Å². The van der Waals surface area contributed by atoms with Crippen molar-refractivity contribution in [3.8, 4) is 0 Å². The lowest BCUT2D eigenvalue weighted by Crippen LogP contribution is -2.16. The van der Waals surface area contributed by atoms with E-state index in [1.54, 1.807) is 0 Å². The monoisotopic (exact) mass is 274 g/mol. The van der Waals surface area contributed by atoms with E-state index in [-0.39, 0.29) is 6.10 Å². The van der Waals surface area contributed by atoms with Crippen molar-refractivity contribution in [3.05, 3.63) is 20.8 Å². The maximum Gasteiger partial charge on any atom is 0.0545 e. The Kier molecular flexibility index (Phi) is 3.01. The van der Waals surface area contributed by atoms with Crippen LogP contribution in [0.4, 0.5) is 0 Å². The minimum atomic E-state index is -0.0706. The molecule has 0 aromatic carbocycles. The predicted molar refractivity (Wildman–Crippen MR) is 63.7 cm³/mol. The minimum Gasteiger partial charge on any atom is -0.393 e. The van der Waals surface area contributed by atoms with Gasteiger partial charge in [-0.3, -0.25) is 0 Å². The summed E-state index contributed by atoms with van der Waals surface area (Å²) in [4.78, 5) is 1.42. The first-order valence-corrected chi connectivity index (χ1v) is 6.66. The summed E-state index contributed by atoms with van der Waals surface area (Å²) in [6.07, 6.45) is 4.11. The van der Waals surface area contributed by atoms with Crippen LogP contribution in [0, 0.1) is 5.41 Å². The maximum absolute atomic E-state index is 9.55. The largest absolute Gasteiger partial charge is 0.393 e. The van der Waals surface area contributed by atoms with E-state index in [0.717, 1.165) is 25.7 Å². The van der Waals surface area contributed by atoms with E-state index in [2.05, 4.69) is 34.3 Å². The van der Waals surface area contributed by atoms with Gasteiger partial charge in [0, 0.05) is 9.35 Å². The summed E-state index contributed by atoms with van der Waals surface area (Å²) >= 11 is 5.37. The van der Waals surface area contributed by atoms with Crippen molar-refractivity contribution in [2.75, 3.05) is 0 Å². The lowest BCUT2D eigenvalue weighted by atomic mass is 9.84. The van der Waals surface area contributed by atoms with E-state index in [1.165, 1.54) is 9.35 Å². The van der Waals surface area contributed by atoms with Crippen molar-refractivity contribution in [1.29, 1.82) is 0 Å². The third-order valence-electron chi connectivity index (χ3n) is 3.09. The summed E-state index contributed by atoms with van der Waals surface area (Å²) in [5, 5.41) is 11.7. The second-order valence-corrected chi connectivity index (χ2v) is 6.43. The zero-order chi connectivity index (χ0) is 10.2. The van der Waals surface area contributed by atoms with E-state index in [1.807, 2.05) is 11.3 Å². The molecule has 2 rings (SSSR count). The van der Waals surface area contributed by atoms with Gasteiger partial charge in [-0.25, -0.2) is 0 Å². The Bertz CT molecular complexity index is 323. The number of halogens is 1. The van der Waals surface area contributed by atoms with Gasteiger partial charge in [0.1, 0.15) is 0 Å². The highest BCUT2D eigenvalue weighted by atomic mass is 79.9. The maximum atomic E-state index is 9.55. The molecule has 2 unspecified atom stereocenters. The molecule has 1 nitrogen and oxygen atoms in total. The summed E-state index contributed by atoms with van der Waals surface area (Å²) in [6.45, 7) is 2.29. The van der Waals surface area contributed by atoms with Gasteiger partial charge in [-0.15, -0.1) is 11.3 Å². The van der Waals surface area contributed by atoms with E-state index >= 15 is 0 Å². The number of thiophene rings is 1. The molecule has 1 heterocycles. The van der Waals surface area contributed by atoms with Crippen molar-refractivity contribution in [1.82, 2.24) is 0 Å². The van der Waals surface area contributed by atoms with Crippen LogP contribution >= 0.6 is 27.3 Å². The Labute approximate surface area is 97.3 Å². The zero-order valence-corrected chi connectivity index (χ0v) is 10.7. The van der Waals surface area contributed by atoms with E-state index < -0.39 is 0 Å². The summed E-state index contributed by atoms with van der Waals surface area (Å²) in [5.74, 6) is 0. The number of hydrogen-bond acceptors (Lipinski definition) is 2. The first-order chi connectivity index (χ1) is 6.59. The molecular formula is C11H15BrOS. The Morgan fingerprint density at radius 2 is 2.50 bits per heavy atom. The van der Waals surface area contributed by atoms with Gasteiger partial charge in [0.05, 0.1) is 6.10 Å². The van der Waals surface area contributed by atoms with Crippen LogP contribution < -0.4 is 0 Å². The zero-order valence-electron chi connectivity index (χ0n) is 8.29. The molecule has 1 aliphatic carbocycles. The molecule has 1 aliphatic rings. The lowest BCUT2D eigenvalue weighted by Gasteiger charge is -2.22. The van der Waals surface area contributed by atoms with Crippen molar-refractivity contribution >= 4 is 27.3 Å². The van der Waals surface area contributed by atoms with Crippen molar-refractivity contribution < 1.29 is 5.11 Å². The molecule has 1 aromatic rings. The van der Waals surface area contributed by atoms with Crippen LogP contribution in [-0.4, -0.2) is 11.2 Å². The molecule has 0 bridgehead atoms. The molecule has 78 valence electrons. The molecule has 1 saturated carbocycles. The fraction of sp³-hybridized carbons (Fsp3) is 0.636. The fourth-order valence-electron chi connectivity index (χ4n) is 2.29. The molecule has 0 saturated heterocycles. The molecule has 0 radical (unpaired) electrons. The average Bonchev–Trinajstić information content (AvgIpc) is 2.62. The molecule has 1 N–H and O–H groups in total. The standard InChI is InChI=1S/C11H15BrOS/c1-11(4-2-8(13)6-11)7-10-9(12)3-5-14-10/h3,5,8,13H,2,4,6-7H2,1H3. The van der Waals surface area contributed by atoms with E-state index in [9.17, 15) is 5.11 Å². The van der Waals surface area contributed by atoms with Gasteiger partial charge in [-0.2, -0.15) is 0 Å². The number of aliphatic hydroxyl groups is 1. The van der Waals surface area contributed by atoms with Crippen LogP contribution in [0.2, 0.25) is 0 Å². The average molecular weight is 275 g/mol. The summed E-state index contributed by atoms with van der Waals surface area (Å²) in [7, 11) is 0. The van der Waals surface area contributed by atoms with Crippen LogP contribution in [0.3, 0.4) is 0 Å². The molecule has 0 aliphatic heterocycles. The minimum absolute atomic E-state index is 0.0706. The Hall–Kier alpha value is 0.140. The second kappa shape index (κ2) is 3.95. The summed E-state index contributed by atoms with van der Waals surface area (Å²) < 4.78 is 1.23. The Morgan fingerprint density at radius 1 is 1.71 bits per heavy atom. The first-order valence-electron chi connectivity index (χ1n) is 4.99. The molecule has 1 aromatic heterocycles. The van der Waals surface area contributed by atoms with Crippen molar-refractivity contribution in [2.45, 2.75) is 38.7 Å². The quantitative estimate of drug-likeness (QED) is 0.874. The van der Waals surface area contributed by atoms with Gasteiger partial charge < -0.3 is 5.11 Å². The van der Waals surface area contributed by atoms with Crippen LogP contribution in [0.25, 0.3) is 0 Å². The number of hydrogen-bond donors (Lipinski definition) is 1. The van der Waals surface area contributed by atoms with Crippen LogP contribution in [0.5, 0.6) is 0 Å². The summed E-state index contributed by atoms with van der Waals surface area (Å²) in [5.41, 5.74) is 0.312. The molecular weight excluding hydrogens is 260 g/mol. The van der Waals surface area contributed by atoms with Crippen LogP contribution in [0.1, 0.15) is 31.1 Å². The van der Waals surface area contributed by atoms with Gasteiger partial charge in [-0.05, 0) is 58.5 Å². The van der Waals surface area contributed by atoms with E-state index in [0.29, 0.717) is 5.41 Å². The third kappa shape index (κ3) is 2.20. The van der Waals surface area contributed by atoms with Gasteiger partial charge in [-0.1, -0.05) is 6.92 Å². The number of aliphatic hydroxyl groups excluding tert-OH is 1. The SMILES string of the molecule is CC1(Cc2sccc2Br)CCC(O)C1. The lowest BCUT2D eigenvalue weighted by molar-refractivity contribution is 0.164. The molecule has 2 atom stereocenters. The van der Waals surface area contributed by atoms with Crippen molar-refractivity contribution in [3.63, 3.8) is 0 Å². The van der Waals surface area contributed by atoms with Gasteiger partial charge in [0.2, 0.25) is 0 Å². The fourth-order valence-corrected chi connectivity index (χ4v) is 4.00. The number of rotatable bonds is 2. The highest BCUT2D eigenvalue weighted by Gasteiger charge is 2.34. The topological polar surface area (TPSA) is 20.2 Å². The summed E-state index contributed by atoms with van der Waals surface area (Å²) in [6, 6.07) is 2.11. The van der Waals surface area contributed by atoms with Gasteiger partial charge >= 0.3 is 0 Å². The smallest absolute Gasteiger partial charge is 0.0545 e.